The van der Waals surface area contributed by atoms with Gasteiger partial charge in [-0.3, -0.25) is 14.3 Å². The molecule has 3 fully saturated rings. The minimum Gasteiger partial charge on any atom is -0.395 e. The number of rotatable bonds is 7. The molecule has 2 saturated heterocycles. The molecular formula is C28H34N4O6S. The van der Waals surface area contributed by atoms with Crippen LogP contribution in [0, 0.1) is 5.41 Å². The Kier molecular flexibility index (Phi) is 6.55. The van der Waals surface area contributed by atoms with E-state index < -0.39 is 27.8 Å². The highest BCUT2D eigenvalue weighted by atomic mass is 32.2. The van der Waals surface area contributed by atoms with Gasteiger partial charge in [-0.1, -0.05) is 0 Å². The highest BCUT2D eigenvalue weighted by Crippen LogP contribution is 2.54. The van der Waals surface area contributed by atoms with Crippen LogP contribution in [0.25, 0.3) is 0 Å². The van der Waals surface area contributed by atoms with Gasteiger partial charge in [0.05, 0.1) is 34.7 Å². The number of anilines is 4. The zero-order valence-electron chi connectivity index (χ0n) is 21.8. The van der Waals surface area contributed by atoms with Gasteiger partial charge in [0.25, 0.3) is 5.91 Å². The summed E-state index contributed by atoms with van der Waals surface area (Å²) in [5, 5.41) is 15.1. The number of carbonyl (C=O) groups excluding carboxylic acids is 2. The average molecular weight is 555 g/mol. The highest BCUT2D eigenvalue weighted by Gasteiger charge is 2.48. The van der Waals surface area contributed by atoms with E-state index in [4.69, 9.17) is 9.84 Å². The fourth-order valence-electron chi connectivity index (χ4n) is 6.20. The zero-order valence-corrected chi connectivity index (χ0v) is 22.6. The fraction of sp³-hybridized carbons (Fsp3) is 0.500. The molecular weight excluding hydrogens is 520 g/mol. The molecule has 0 atom stereocenters. The predicted molar refractivity (Wildman–Crippen MR) is 149 cm³/mol. The molecule has 2 amide bonds. The summed E-state index contributed by atoms with van der Waals surface area (Å²) in [7, 11) is -3.71. The zero-order chi connectivity index (χ0) is 27.3. The number of ether oxygens (including phenoxy) is 1. The number of sulfonamides is 1. The van der Waals surface area contributed by atoms with Crippen molar-refractivity contribution in [2.75, 3.05) is 58.9 Å². The maximum atomic E-state index is 13.6. The number of hydrogen-bond donors (Lipinski definition) is 4. The Morgan fingerprint density at radius 3 is 2.41 bits per heavy atom. The predicted octanol–water partition coefficient (Wildman–Crippen LogP) is 3.05. The van der Waals surface area contributed by atoms with E-state index in [-0.39, 0.29) is 11.8 Å². The van der Waals surface area contributed by atoms with Crippen molar-refractivity contribution in [1.82, 2.24) is 0 Å². The molecule has 0 bridgehead atoms. The van der Waals surface area contributed by atoms with Crippen LogP contribution in [-0.4, -0.2) is 64.0 Å². The lowest BCUT2D eigenvalue weighted by atomic mass is 9.75. The van der Waals surface area contributed by atoms with Gasteiger partial charge >= 0.3 is 0 Å². The van der Waals surface area contributed by atoms with E-state index in [1.165, 1.54) is 12.8 Å². The minimum atomic E-state index is -3.71. The summed E-state index contributed by atoms with van der Waals surface area (Å²) < 4.78 is 32.6. The van der Waals surface area contributed by atoms with Crippen molar-refractivity contribution in [2.24, 2.45) is 5.41 Å². The summed E-state index contributed by atoms with van der Waals surface area (Å²) in [6, 6.07) is 10.4. The summed E-state index contributed by atoms with van der Waals surface area (Å²) in [5.41, 5.74) is 3.51. The Morgan fingerprint density at radius 1 is 1.00 bits per heavy atom. The number of benzene rings is 2. The monoisotopic (exact) mass is 554 g/mol. The van der Waals surface area contributed by atoms with Gasteiger partial charge in [-0.15, -0.1) is 0 Å². The SMILES string of the molecule is O=C(Nc1ccc2c(c1)C1(CCOCC1)C(=O)N2)c1ccc(NS(=O)(=O)CCO)cc1N1CCC2(CC1)CC2. The van der Waals surface area contributed by atoms with Crippen molar-refractivity contribution in [3.05, 3.63) is 47.5 Å². The maximum absolute atomic E-state index is 13.6. The van der Waals surface area contributed by atoms with Crippen LogP contribution in [0.5, 0.6) is 0 Å². The number of piperidine rings is 1. The summed E-state index contributed by atoms with van der Waals surface area (Å²) >= 11 is 0. The Bertz CT molecular complexity index is 1410. The van der Waals surface area contributed by atoms with Crippen LogP contribution in [0.3, 0.4) is 0 Å². The molecule has 3 aliphatic heterocycles. The van der Waals surface area contributed by atoms with Crippen LogP contribution in [0.1, 0.15) is 54.4 Å². The van der Waals surface area contributed by atoms with Gasteiger partial charge in [0, 0.05) is 37.7 Å². The molecule has 10 nitrogen and oxygen atoms in total. The van der Waals surface area contributed by atoms with E-state index in [1.807, 2.05) is 12.1 Å². The Balaban J connectivity index is 1.28. The van der Waals surface area contributed by atoms with E-state index >= 15 is 0 Å². The minimum absolute atomic E-state index is 0.0238. The maximum Gasteiger partial charge on any atom is 0.257 e. The number of fused-ring (bicyclic) bond motifs is 2. The van der Waals surface area contributed by atoms with Gasteiger partial charge in [-0.2, -0.15) is 0 Å². The lowest BCUT2D eigenvalue weighted by Crippen LogP contribution is -2.40. The van der Waals surface area contributed by atoms with Crippen LogP contribution in [0.4, 0.5) is 22.7 Å². The molecule has 1 aliphatic carbocycles. The van der Waals surface area contributed by atoms with Crippen LogP contribution in [0.2, 0.25) is 0 Å². The van der Waals surface area contributed by atoms with Crippen molar-refractivity contribution < 1.29 is 27.9 Å². The normalized spacial score (nSPS) is 20.9. The largest absolute Gasteiger partial charge is 0.395 e. The molecule has 0 radical (unpaired) electrons. The molecule has 11 heteroatoms. The van der Waals surface area contributed by atoms with E-state index in [0.29, 0.717) is 54.1 Å². The van der Waals surface area contributed by atoms with Gasteiger partial charge < -0.3 is 25.4 Å². The molecule has 0 unspecified atom stereocenters. The molecule has 208 valence electrons. The van der Waals surface area contributed by atoms with Crippen LogP contribution >= 0.6 is 0 Å². The van der Waals surface area contributed by atoms with Crippen molar-refractivity contribution in [3.8, 4) is 0 Å². The molecule has 4 aliphatic rings. The number of hydrogen-bond acceptors (Lipinski definition) is 7. The van der Waals surface area contributed by atoms with Gasteiger partial charge in [0.1, 0.15) is 0 Å². The first-order chi connectivity index (χ1) is 18.7. The number of carbonyl (C=O) groups is 2. The molecule has 6 rings (SSSR count). The first-order valence-electron chi connectivity index (χ1n) is 13.6. The van der Waals surface area contributed by atoms with Gasteiger partial charge in [-0.25, -0.2) is 8.42 Å². The number of amides is 2. The number of aliphatic hydroxyl groups is 1. The summed E-state index contributed by atoms with van der Waals surface area (Å²) in [4.78, 5) is 28.7. The Labute approximate surface area is 228 Å². The molecule has 4 N–H and O–H groups in total. The van der Waals surface area contributed by atoms with Crippen molar-refractivity contribution >= 4 is 44.6 Å². The van der Waals surface area contributed by atoms with Gasteiger partial charge in [-0.05, 0) is 85.9 Å². The summed E-state index contributed by atoms with van der Waals surface area (Å²) in [6.07, 6.45) is 5.78. The second-order valence-corrected chi connectivity index (χ2v) is 13.1. The van der Waals surface area contributed by atoms with E-state index in [0.717, 1.165) is 37.2 Å². The molecule has 1 saturated carbocycles. The molecule has 2 aromatic carbocycles. The average Bonchev–Trinajstić information content (AvgIpc) is 3.62. The van der Waals surface area contributed by atoms with E-state index in [9.17, 15) is 18.0 Å². The van der Waals surface area contributed by atoms with Crippen molar-refractivity contribution in [1.29, 1.82) is 0 Å². The summed E-state index contributed by atoms with van der Waals surface area (Å²) in [6.45, 7) is 2.14. The third kappa shape index (κ3) is 4.99. The first-order valence-corrected chi connectivity index (χ1v) is 15.2. The molecule has 0 aromatic heterocycles. The molecule has 39 heavy (non-hydrogen) atoms. The quantitative estimate of drug-likeness (QED) is 0.413. The van der Waals surface area contributed by atoms with Gasteiger partial charge in [0.15, 0.2) is 0 Å². The van der Waals surface area contributed by atoms with E-state index in [2.05, 4.69) is 20.3 Å². The van der Waals surface area contributed by atoms with Crippen LogP contribution < -0.4 is 20.3 Å². The lowest BCUT2D eigenvalue weighted by molar-refractivity contribution is -0.124. The first kappa shape index (κ1) is 26.1. The smallest absolute Gasteiger partial charge is 0.257 e. The summed E-state index contributed by atoms with van der Waals surface area (Å²) in [5.74, 6) is -0.732. The third-order valence-electron chi connectivity index (χ3n) is 8.82. The standard InChI is InChI=1S/C28H34N4O6S/c33-13-16-39(36,37)31-20-1-3-21(24(18-20)32-11-7-27(5-6-27)8-12-32)25(34)29-19-2-4-23-22(17-19)28(26(35)30-23)9-14-38-15-10-28/h1-4,17-18,31,33H,5-16H2,(H,29,34)(H,30,35). The number of nitrogens with zero attached hydrogens (tertiary/aromatic N) is 1. The van der Waals surface area contributed by atoms with Crippen LogP contribution in [0.15, 0.2) is 36.4 Å². The topological polar surface area (TPSA) is 137 Å². The van der Waals surface area contributed by atoms with E-state index in [1.54, 1.807) is 24.3 Å². The number of aliphatic hydroxyl groups excluding tert-OH is 1. The fourth-order valence-corrected chi connectivity index (χ4v) is 7.03. The molecule has 2 aromatic rings. The number of nitrogens with one attached hydrogen (secondary N) is 3. The highest BCUT2D eigenvalue weighted by molar-refractivity contribution is 7.92. The molecule has 2 spiro atoms. The van der Waals surface area contributed by atoms with Gasteiger partial charge in [0.2, 0.25) is 15.9 Å². The third-order valence-corrected chi connectivity index (χ3v) is 10.1. The Morgan fingerprint density at radius 2 is 1.72 bits per heavy atom. The van der Waals surface area contributed by atoms with Crippen LogP contribution in [-0.2, 0) is 25.0 Å². The second kappa shape index (κ2) is 9.79. The molecule has 3 heterocycles. The lowest BCUT2D eigenvalue weighted by Gasteiger charge is -2.35. The van der Waals surface area contributed by atoms with Crippen molar-refractivity contribution in [2.45, 2.75) is 43.9 Å². The van der Waals surface area contributed by atoms with Crippen molar-refractivity contribution in [3.63, 3.8) is 0 Å². The Hall–Kier alpha value is -3.15. The second-order valence-electron chi connectivity index (χ2n) is 11.2.